The molecule has 0 amide bonds. The van der Waals surface area contributed by atoms with Crippen molar-refractivity contribution in [1.29, 1.82) is 0 Å². The van der Waals surface area contributed by atoms with Crippen molar-refractivity contribution in [3.8, 4) is 0 Å². The second-order valence-corrected chi connectivity index (χ2v) is 7.42. The number of rotatable bonds is 5. The minimum atomic E-state index is -4.76. The van der Waals surface area contributed by atoms with Crippen LogP contribution in [0.5, 0.6) is 0 Å². The maximum atomic E-state index is 14.0. The van der Waals surface area contributed by atoms with Gasteiger partial charge in [0.1, 0.15) is 12.5 Å². The molecule has 1 aliphatic heterocycles. The third-order valence-corrected chi connectivity index (χ3v) is 4.97. The largest absolute Gasteiger partial charge is 0.460 e. The molecule has 1 atom stereocenters. The first-order valence-corrected chi connectivity index (χ1v) is 9.53. The van der Waals surface area contributed by atoms with Crippen LogP contribution in [0.2, 0.25) is 10.0 Å². The lowest BCUT2D eigenvalue weighted by atomic mass is 9.86. The van der Waals surface area contributed by atoms with Gasteiger partial charge >= 0.3 is 12.1 Å². The van der Waals surface area contributed by atoms with E-state index in [9.17, 15) is 18.0 Å². The zero-order valence-corrected chi connectivity index (χ0v) is 16.9. The molecule has 1 heterocycles. The van der Waals surface area contributed by atoms with Crippen molar-refractivity contribution in [3.63, 3.8) is 0 Å². The Kier molecular flexibility index (Phi) is 6.31. The second-order valence-electron chi connectivity index (χ2n) is 6.28. The van der Waals surface area contributed by atoms with Crippen molar-refractivity contribution in [2.75, 3.05) is 5.88 Å². The van der Waals surface area contributed by atoms with E-state index < -0.39 is 24.2 Å². The highest BCUT2D eigenvalue weighted by Crippen LogP contribution is 2.49. The molecule has 29 heavy (non-hydrogen) atoms. The lowest BCUT2D eigenvalue weighted by molar-refractivity contribution is -0.275. The van der Waals surface area contributed by atoms with E-state index in [0.29, 0.717) is 11.1 Å². The molecular weight excluding hydrogens is 454 g/mol. The lowest BCUT2D eigenvalue weighted by Gasteiger charge is -2.29. The van der Waals surface area contributed by atoms with Gasteiger partial charge in [-0.25, -0.2) is 0 Å². The van der Waals surface area contributed by atoms with E-state index in [2.05, 4.69) is 5.16 Å². The molecule has 0 spiro atoms. The van der Waals surface area contributed by atoms with Gasteiger partial charge in [0, 0.05) is 22.0 Å². The summed E-state index contributed by atoms with van der Waals surface area (Å²) >= 11 is 17.1. The summed E-state index contributed by atoms with van der Waals surface area (Å²) in [6.07, 6.45) is -5.31. The Morgan fingerprint density at radius 2 is 1.76 bits per heavy atom. The molecule has 154 valence electrons. The summed E-state index contributed by atoms with van der Waals surface area (Å²) in [5.41, 5.74) is -1.72. The molecule has 4 nitrogen and oxygen atoms in total. The normalized spacial score (nSPS) is 18.9. The molecule has 2 aromatic rings. The molecule has 0 aliphatic carbocycles. The zero-order valence-electron chi connectivity index (χ0n) is 14.6. The van der Waals surface area contributed by atoms with Gasteiger partial charge in [-0.15, -0.1) is 11.6 Å². The molecule has 3 rings (SSSR count). The molecule has 0 fully saturated rings. The predicted molar refractivity (Wildman–Crippen MR) is 103 cm³/mol. The van der Waals surface area contributed by atoms with Crippen LogP contribution in [0.25, 0.3) is 0 Å². The van der Waals surface area contributed by atoms with E-state index in [0.717, 1.165) is 12.1 Å². The number of ether oxygens (including phenoxy) is 1. The Morgan fingerprint density at radius 3 is 2.31 bits per heavy atom. The predicted octanol–water partition coefficient (Wildman–Crippen LogP) is 5.86. The number of hydrogen-bond acceptors (Lipinski definition) is 4. The molecule has 0 N–H and O–H groups in total. The SMILES string of the molecule is O=C(CCl)OCc1ccc(C2=NOC(c3cc(Cl)cc(Cl)c3)(C(F)(F)F)C2)cc1. The molecule has 1 aliphatic rings. The Bertz CT molecular complexity index is 928. The maximum absolute atomic E-state index is 14.0. The van der Waals surface area contributed by atoms with Crippen LogP contribution in [0, 0.1) is 0 Å². The Morgan fingerprint density at radius 1 is 1.14 bits per heavy atom. The quantitative estimate of drug-likeness (QED) is 0.410. The van der Waals surface area contributed by atoms with Gasteiger partial charge in [-0.1, -0.05) is 52.6 Å². The van der Waals surface area contributed by atoms with Gasteiger partial charge in [-0.2, -0.15) is 13.2 Å². The van der Waals surface area contributed by atoms with Gasteiger partial charge in [0.2, 0.25) is 0 Å². The van der Waals surface area contributed by atoms with Crippen molar-refractivity contribution >= 4 is 46.5 Å². The number of nitrogens with zero attached hydrogens (tertiary/aromatic N) is 1. The van der Waals surface area contributed by atoms with Crippen molar-refractivity contribution in [1.82, 2.24) is 0 Å². The smallest absolute Gasteiger partial charge is 0.435 e. The standard InChI is InChI=1S/C19H13Cl3F3NO3/c20-9-17(27)28-10-11-1-3-12(4-2-11)16-8-18(29-26-16,19(23,24)25)13-5-14(21)7-15(22)6-13/h1-7H,8-10H2. The number of oxime groups is 1. The second kappa shape index (κ2) is 8.42. The highest BCUT2D eigenvalue weighted by atomic mass is 35.5. The van der Waals surface area contributed by atoms with Crippen molar-refractivity contribution < 1.29 is 27.5 Å². The molecule has 10 heteroatoms. The van der Waals surface area contributed by atoms with Crippen LogP contribution < -0.4 is 0 Å². The first-order valence-electron chi connectivity index (χ1n) is 8.24. The van der Waals surface area contributed by atoms with E-state index in [-0.39, 0.29) is 33.8 Å². The van der Waals surface area contributed by atoms with Gasteiger partial charge in [-0.05, 0) is 29.3 Å². The molecule has 2 aromatic carbocycles. The van der Waals surface area contributed by atoms with Crippen LogP contribution >= 0.6 is 34.8 Å². The summed E-state index contributed by atoms with van der Waals surface area (Å²) in [5.74, 6) is -0.835. The van der Waals surface area contributed by atoms with Gasteiger partial charge in [0.25, 0.3) is 5.60 Å². The summed E-state index contributed by atoms with van der Waals surface area (Å²) < 4.78 is 46.9. The number of carbonyl (C=O) groups is 1. The minimum absolute atomic E-state index is 0.00229. The van der Waals surface area contributed by atoms with Crippen molar-refractivity contribution in [2.24, 2.45) is 5.16 Å². The van der Waals surface area contributed by atoms with Gasteiger partial charge in [0.05, 0.1) is 5.71 Å². The zero-order chi connectivity index (χ0) is 21.2. The van der Waals surface area contributed by atoms with E-state index >= 15 is 0 Å². The van der Waals surface area contributed by atoms with Crippen LogP contribution in [0.1, 0.15) is 23.1 Å². The number of halogens is 6. The summed E-state index contributed by atoms with van der Waals surface area (Å²) in [5, 5.41) is 3.81. The summed E-state index contributed by atoms with van der Waals surface area (Å²) in [4.78, 5) is 16.0. The first kappa shape index (κ1) is 21.7. The number of hydrogen-bond donors (Lipinski definition) is 0. The van der Waals surface area contributed by atoms with E-state index in [4.69, 9.17) is 44.4 Å². The summed E-state index contributed by atoms with van der Waals surface area (Å²) in [6.45, 7) is 0.00229. The number of esters is 1. The Balaban J connectivity index is 1.84. The molecule has 0 saturated carbocycles. The Hall–Kier alpha value is -1.96. The molecule has 0 radical (unpaired) electrons. The average molecular weight is 467 g/mol. The van der Waals surface area contributed by atoms with E-state index in [1.807, 2.05) is 0 Å². The van der Waals surface area contributed by atoms with E-state index in [1.165, 1.54) is 6.07 Å². The third-order valence-electron chi connectivity index (χ3n) is 4.31. The van der Waals surface area contributed by atoms with Crippen molar-refractivity contribution in [2.45, 2.75) is 24.8 Å². The minimum Gasteiger partial charge on any atom is -0.460 e. The fraction of sp³-hybridized carbons (Fsp3) is 0.263. The van der Waals surface area contributed by atoms with Crippen LogP contribution in [-0.2, 0) is 26.6 Å². The van der Waals surface area contributed by atoms with Gasteiger partial charge in [-0.3, -0.25) is 4.79 Å². The van der Waals surface area contributed by atoms with Crippen molar-refractivity contribution in [3.05, 3.63) is 69.2 Å². The molecule has 0 bridgehead atoms. The number of carbonyl (C=O) groups excluding carboxylic acids is 1. The fourth-order valence-electron chi connectivity index (χ4n) is 2.84. The van der Waals surface area contributed by atoms with Crippen LogP contribution in [-0.4, -0.2) is 23.7 Å². The number of benzene rings is 2. The molecular formula is C19H13Cl3F3NO3. The lowest BCUT2D eigenvalue weighted by Crippen LogP contribution is -2.42. The third kappa shape index (κ3) is 4.63. The van der Waals surface area contributed by atoms with Crippen LogP contribution in [0.15, 0.2) is 47.6 Å². The summed E-state index contributed by atoms with van der Waals surface area (Å²) in [7, 11) is 0. The molecule has 0 aromatic heterocycles. The fourth-order valence-corrected chi connectivity index (χ4v) is 3.44. The first-order chi connectivity index (χ1) is 13.6. The average Bonchev–Trinajstić information content (AvgIpc) is 3.12. The highest BCUT2D eigenvalue weighted by Gasteiger charge is 2.62. The highest BCUT2D eigenvalue weighted by molar-refractivity contribution is 6.34. The molecule has 1 unspecified atom stereocenters. The molecule has 0 saturated heterocycles. The van der Waals surface area contributed by atoms with Gasteiger partial charge in [0.15, 0.2) is 0 Å². The monoisotopic (exact) mass is 465 g/mol. The Labute approximate surface area is 179 Å². The maximum Gasteiger partial charge on any atom is 0.435 e. The van der Waals surface area contributed by atoms with Crippen LogP contribution in [0.3, 0.4) is 0 Å². The van der Waals surface area contributed by atoms with Crippen LogP contribution in [0.4, 0.5) is 13.2 Å². The topological polar surface area (TPSA) is 47.9 Å². The van der Waals surface area contributed by atoms with E-state index in [1.54, 1.807) is 24.3 Å². The number of alkyl halides is 4. The van der Waals surface area contributed by atoms with Gasteiger partial charge < -0.3 is 9.57 Å². The summed E-state index contributed by atoms with van der Waals surface area (Å²) in [6, 6.07) is 10.0.